The van der Waals surface area contributed by atoms with E-state index in [0.29, 0.717) is 0 Å². The van der Waals surface area contributed by atoms with Gasteiger partial charge in [0.25, 0.3) is 0 Å². The summed E-state index contributed by atoms with van der Waals surface area (Å²) in [6.45, 7) is 0. The Morgan fingerprint density at radius 2 is 1.52 bits per heavy atom. The van der Waals surface area contributed by atoms with Gasteiger partial charge in [0.05, 0.1) is 6.20 Å². The van der Waals surface area contributed by atoms with E-state index in [1.54, 1.807) is 0 Å². The van der Waals surface area contributed by atoms with Crippen molar-refractivity contribution in [2.75, 3.05) is 0 Å². The number of aromatic amines is 1. The molecule has 2 heterocycles. The minimum atomic E-state index is 1.09. The maximum absolute atomic E-state index is 4.35. The lowest BCUT2D eigenvalue weighted by molar-refractivity contribution is 1.09. The molecule has 1 N–H and O–H groups in total. The highest BCUT2D eigenvalue weighted by Crippen LogP contribution is 2.29. The number of pyridine rings is 1. The van der Waals surface area contributed by atoms with Crippen molar-refractivity contribution in [2.45, 2.75) is 0 Å². The SMILES string of the molecule is c1ccc2c(-c3ccc(-c4cn[nH]c4)cc3)cncc2c1. The van der Waals surface area contributed by atoms with Crippen LogP contribution in [-0.4, -0.2) is 15.2 Å². The number of nitrogens with zero attached hydrogens (tertiary/aromatic N) is 2. The fourth-order valence-electron chi connectivity index (χ4n) is 2.60. The summed E-state index contributed by atoms with van der Waals surface area (Å²) in [4.78, 5) is 4.35. The molecule has 0 bridgehead atoms. The van der Waals surface area contributed by atoms with Gasteiger partial charge in [0.15, 0.2) is 0 Å². The number of hydrogen-bond acceptors (Lipinski definition) is 2. The summed E-state index contributed by atoms with van der Waals surface area (Å²) in [6.07, 6.45) is 7.55. The molecule has 100 valence electrons. The zero-order valence-corrected chi connectivity index (χ0v) is 11.3. The number of hydrogen-bond donors (Lipinski definition) is 1. The molecule has 0 aliphatic heterocycles. The van der Waals surface area contributed by atoms with Crippen molar-refractivity contribution < 1.29 is 0 Å². The smallest absolute Gasteiger partial charge is 0.0565 e. The van der Waals surface area contributed by atoms with E-state index in [1.165, 1.54) is 10.9 Å². The first-order chi connectivity index (χ1) is 10.4. The number of fused-ring (bicyclic) bond motifs is 1. The maximum atomic E-state index is 4.35. The number of H-pyrrole nitrogens is 1. The summed E-state index contributed by atoms with van der Waals surface area (Å²) in [5.74, 6) is 0. The average molecular weight is 271 g/mol. The predicted molar refractivity (Wildman–Crippen MR) is 84.8 cm³/mol. The first-order valence-corrected chi connectivity index (χ1v) is 6.84. The lowest BCUT2D eigenvalue weighted by Gasteiger charge is -2.07. The van der Waals surface area contributed by atoms with E-state index in [4.69, 9.17) is 0 Å². The van der Waals surface area contributed by atoms with Crippen LogP contribution in [-0.2, 0) is 0 Å². The molecule has 4 rings (SSSR count). The van der Waals surface area contributed by atoms with Gasteiger partial charge in [0.1, 0.15) is 0 Å². The van der Waals surface area contributed by atoms with Crippen LogP contribution < -0.4 is 0 Å². The molecule has 21 heavy (non-hydrogen) atoms. The Morgan fingerprint density at radius 1 is 0.714 bits per heavy atom. The van der Waals surface area contributed by atoms with Crippen LogP contribution >= 0.6 is 0 Å². The van der Waals surface area contributed by atoms with E-state index < -0.39 is 0 Å². The van der Waals surface area contributed by atoms with Crippen molar-refractivity contribution in [3.63, 3.8) is 0 Å². The van der Waals surface area contributed by atoms with Gasteiger partial charge in [-0.2, -0.15) is 5.10 Å². The van der Waals surface area contributed by atoms with E-state index in [1.807, 2.05) is 30.9 Å². The largest absolute Gasteiger partial charge is 0.285 e. The minimum absolute atomic E-state index is 1.09. The second-order valence-electron chi connectivity index (χ2n) is 4.97. The zero-order chi connectivity index (χ0) is 14.1. The third-order valence-corrected chi connectivity index (χ3v) is 3.70. The van der Waals surface area contributed by atoms with E-state index in [9.17, 15) is 0 Å². The Bertz CT molecular complexity index is 873. The van der Waals surface area contributed by atoms with E-state index in [2.05, 4.69) is 57.6 Å². The van der Waals surface area contributed by atoms with Gasteiger partial charge in [0, 0.05) is 35.1 Å². The van der Waals surface area contributed by atoms with Crippen molar-refractivity contribution in [3.05, 3.63) is 73.3 Å². The van der Waals surface area contributed by atoms with E-state index >= 15 is 0 Å². The number of benzene rings is 2. The Labute approximate surface area is 122 Å². The van der Waals surface area contributed by atoms with Crippen LogP contribution in [0.15, 0.2) is 73.3 Å². The Hall–Kier alpha value is -2.94. The van der Waals surface area contributed by atoms with Crippen LogP contribution in [0, 0.1) is 0 Å². The first kappa shape index (κ1) is 11.9. The number of nitrogens with one attached hydrogen (secondary N) is 1. The normalized spacial score (nSPS) is 10.9. The van der Waals surface area contributed by atoms with Gasteiger partial charge in [-0.15, -0.1) is 0 Å². The van der Waals surface area contributed by atoms with E-state index in [-0.39, 0.29) is 0 Å². The van der Waals surface area contributed by atoms with Crippen LogP contribution in [0.1, 0.15) is 0 Å². The van der Waals surface area contributed by atoms with Crippen molar-refractivity contribution in [3.8, 4) is 22.3 Å². The van der Waals surface area contributed by atoms with Crippen molar-refractivity contribution in [2.24, 2.45) is 0 Å². The second kappa shape index (κ2) is 4.87. The quantitative estimate of drug-likeness (QED) is 0.591. The molecule has 0 aliphatic carbocycles. The van der Waals surface area contributed by atoms with Crippen molar-refractivity contribution in [1.82, 2.24) is 15.2 Å². The monoisotopic (exact) mass is 271 g/mol. The molecule has 0 saturated carbocycles. The summed E-state index contributed by atoms with van der Waals surface area (Å²) >= 11 is 0. The summed E-state index contributed by atoms with van der Waals surface area (Å²) in [7, 11) is 0. The van der Waals surface area contributed by atoms with Crippen LogP contribution in [0.4, 0.5) is 0 Å². The van der Waals surface area contributed by atoms with Crippen LogP contribution in [0.25, 0.3) is 33.0 Å². The molecule has 0 saturated heterocycles. The molecule has 0 unspecified atom stereocenters. The third kappa shape index (κ3) is 2.09. The lowest BCUT2D eigenvalue weighted by atomic mass is 9.99. The Kier molecular flexibility index (Phi) is 2.75. The highest BCUT2D eigenvalue weighted by molar-refractivity contribution is 5.95. The van der Waals surface area contributed by atoms with Crippen molar-refractivity contribution in [1.29, 1.82) is 0 Å². The third-order valence-electron chi connectivity index (χ3n) is 3.70. The molecular weight excluding hydrogens is 258 g/mol. The summed E-state index contributed by atoms with van der Waals surface area (Å²) < 4.78 is 0. The lowest BCUT2D eigenvalue weighted by Crippen LogP contribution is -1.84. The van der Waals surface area contributed by atoms with Crippen LogP contribution in [0.3, 0.4) is 0 Å². The standard InChI is InChI=1S/C18H13N3/c1-2-4-17-15(3-1)9-19-12-18(17)14-7-5-13(6-8-14)16-10-20-21-11-16/h1-12H,(H,20,21). The Morgan fingerprint density at radius 3 is 2.33 bits per heavy atom. The van der Waals surface area contributed by atoms with E-state index in [0.717, 1.165) is 22.1 Å². The fourth-order valence-corrected chi connectivity index (χ4v) is 2.60. The van der Waals surface area contributed by atoms with Gasteiger partial charge in [-0.3, -0.25) is 10.1 Å². The number of aromatic nitrogens is 3. The predicted octanol–water partition coefficient (Wildman–Crippen LogP) is 4.29. The molecular formula is C18H13N3. The summed E-state index contributed by atoms with van der Waals surface area (Å²) in [5, 5.41) is 9.21. The number of rotatable bonds is 2. The van der Waals surface area contributed by atoms with Gasteiger partial charge < -0.3 is 0 Å². The molecule has 0 radical (unpaired) electrons. The van der Waals surface area contributed by atoms with Gasteiger partial charge in [0.2, 0.25) is 0 Å². The highest BCUT2D eigenvalue weighted by Gasteiger charge is 2.05. The fraction of sp³-hybridized carbons (Fsp3) is 0. The molecule has 2 aromatic heterocycles. The Balaban J connectivity index is 1.82. The molecule has 0 aliphatic rings. The maximum Gasteiger partial charge on any atom is 0.0565 e. The molecule has 3 nitrogen and oxygen atoms in total. The average Bonchev–Trinajstić information content (AvgIpc) is 3.09. The van der Waals surface area contributed by atoms with Crippen LogP contribution in [0.5, 0.6) is 0 Å². The molecule has 4 aromatic rings. The van der Waals surface area contributed by atoms with Gasteiger partial charge in [-0.1, -0.05) is 48.5 Å². The molecule has 0 spiro atoms. The topological polar surface area (TPSA) is 41.6 Å². The van der Waals surface area contributed by atoms with Crippen molar-refractivity contribution >= 4 is 10.8 Å². The van der Waals surface area contributed by atoms with Gasteiger partial charge in [-0.05, 0) is 16.5 Å². The molecule has 2 aromatic carbocycles. The first-order valence-electron chi connectivity index (χ1n) is 6.84. The summed E-state index contributed by atoms with van der Waals surface area (Å²) in [5.41, 5.74) is 4.58. The minimum Gasteiger partial charge on any atom is -0.285 e. The van der Waals surface area contributed by atoms with Crippen LogP contribution in [0.2, 0.25) is 0 Å². The van der Waals surface area contributed by atoms with Gasteiger partial charge in [-0.25, -0.2) is 0 Å². The molecule has 0 atom stereocenters. The van der Waals surface area contributed by atoms with Gasteiger partial charge >= 0.3 is 0 Å². The zero-order valence-electron chi connectivity index (χ0n) is 11.3. The second-order valence-corrected chi connectivity index (χ2v) is 4.97. The molecule has 0 amide bonds. The summed E-state index contributed by atoms with van der Waals surface area (Å²) in [6, 6.07) is 16.8. The molecule has 0 fully saturated rings. The highest BCUT2D eigenvalue weighted by atomic mass is 15.1. The molecule has 3 heteroatoms.